The van der Waals surface area contributed by atoms with E-state index < -0.39 is 0 Å². The molecular formula is C14H17ClN2O3. The summed E-state index contributed by atoms with van der Waals surface area (Å²) in [7, 11) is 0. The lowest BCUT2D eigenvalue weighted by molar-refractivity contribution is -0.128. The predicted octanol–water partition coefficient (Wildman–Crippen LogP) is 1.35. The summed E-state index contributed by atoms with van der Waals surface area (Å²) in [5, 5.41) is 3.20. The van der Waals surface area contributed by atoms with Crippen LogP contribution in [0.15, 0.2) is 18.2 Å². The minimum atomic E-state index is -0.131. The zero-order chi connectivity index (χ0) is 14.5. The van der Waals surface area contributed by atoms with Crippen LogP contribution in [0.2, 0.25) is 5.02 Å². The maximum atomic E-state index is 11.5. The van der Waals surface area contributed by atoms with Crippen LogP contribution in [-0.2, 0) is 4.79 Å². The summed E-state index contributed by atoms with van der Waals surface area (Å²) < 4.78 is 5.60. The van der Waals surface area contributed by atoms with Gasteiger partial charge in [0.05, 0.1) is 11.1 Å². The van der Waals surface area contributed by atoms with Crippen molar-refractivity contribution in [2.24, 2.45) is 0 Å². The molecule has 5 nitrogen and oxygen atoms in total. The van der Waals surface area contributed by atoms with Gasteiger partial charge in [-0.2, -0.15) is 0 Å². The maximum Gasteiger partial charge on any atom is 0.237 e. The number of ether oxygens (including phenoxy) is 1. The van der Waals surface area contributed by atoms with Gasteiger partial charge in [0, 0.05) is 25.2 Å². The molecule has 0 aliphatic carbocycles. The Bertz CT molecular complexity index is 507. The molecule has 0 spiro atoms. The molecule has 2 rings (SSSR count). The molecule has 1 heterocycles. The molecule has 20 heavy (non-hydrogen) atoms. The molecule has 1 N–H and O–H groups in total. The maximum absolute atomic E-state index is 11.5. The van der Waals surface area contributed by atoms with Crippen LogP contribution in [-0.4, -0.2) is 49.4 Å². The second-order valence-corrected chi connectivity index (χ2v) is 5.06. The molecule has 0 radical (unpaired) electrons. The van der Waals surface area contributed by atoms with Crippen LogP contribution in [0.5, 0.6) is 5.75 Å². The van der Waals surface area contributed by atoms with Gasteiger partial charge < -0.3 is 10.1 Å². The van der Waals surface area contributed by atoms with Crippen molar-refractivity contribution >= 4 is 23.8 Å². The van der Waals surface area contributed by atoms with Crippen molar-refractivity contribution < 1.29 is 14.3 Å². The van der Waals surface area contributed by atoms with E-state index in [0.29, 0.717) is 42.3 Å². The first-order valence-corrected chi connectivity index (χ1v) is 6.89. The summed E-state index contributed by atoms with van der Waals surface area (Å²) in [6.45, 7) is 4.50. The van der Waals surface area contributed by atoms with Gasteiger partial charge in [0.15, 0.2) is 6.29 Å². The molecular weight excluding hydrogens is 280 g/mol. The Morgan fingerprint density at radius 2 is 2.35 bits per heavy atom. The summed E-state index contributed by atoms with van der Waals surface area (Å²) in [6, 6.07) is 4.83. The molecule has 1 fully saturated rings. The molecule has 0 aromatic heterocycles. The molecule has 1 atom stereocenters. The lowest BCUT2D eigenvalue weighted by atomic mass is 10.2. The zero-order valence-corrected chi connectivity index (χ0v) is 12.0. The van der Waals surface area contributed by atoms with Gasteiger partial charge in [0.25, 0.3) is 0 Å². The Morgan fingerprint density at radius 1 is 1.55 bits per heavy atom. The molecule has 0 saturated carbocycles. The second-order valence-electron chi connectivity index (χ2n) is 4.65. The van der Waals surface area contributed by atoms with Crippen LogP contribution in [0.25, 0.3) is 0 Å². The molecule has 1 aromatic carbocycles. The minimum absolute atomic E-state index is 0.0506. The molecule has 0 bridgehead atoms. The highest BCUT2D eigenvalue weighted by molar-refractivity contribution is 6.33. The van der Waals surface area contributed by atoms with Crippen LogP contribution in [0.3, 0.4) is 0 Å². The molecule has 108 valence electrons. The van der Waals surface area contributed by atoms with Crippen molar-refractivity contribution in [2.75, 3.05) is 26.2 Å². The fourth-order valence-corrected chi connectivity index (χ4v) is 2.32. The van der Waals surface area contributed by atoms with E-state index in [4.69, 9.17) is 16.3 Å². The number of amides is 1. The van der Waals surface area contributed by atoms with E-state index in [1.165, 1.54) is 0 Å². The lowest BCUT2D eigenvalue weighted by Gasteiger charge is -2.32. The van der Waals surface area contributed by atoms with E-state index in [1.807, 2.05) is 6.92 Å². The molecule has 1 aromatic rings. The number of nitrogens with one attached hydrogen (secondary N) is 1. The molecule has 1 saturated heterocycles. The van der Waals surface area contributed by atoms with Crippen LogP contribution < -0.4 is 10.1 Å². The van der Waals surface area contributed by atoms with Gasteiger partial charge in [-0.15, -0.1) is 0 Å². The van der Waals surface area contributed by atoms with E-state index >= 15 is 0 Å². The number of halogens is 1. The average molecular weight is 297 g/mol. The monoisotopic (exact) mass is 296 g/mol. The second kappa shape index (κ2) is 6.72. The fraction of sp³-hybridized carbons (Fsp3) is 0.429. The third kappa shape index (κ3) is 3.49. The van der Waals surface area contributed by atoms with Crippen molar-refractivity contribution in [3.63, 3.8) is 0 Å². The van der Waals surface area contributed by atoms with Gasteiger partial charge in [-0.3, -0.25) is 14.5 Å². The standard InChI is InChI=1S/C14H17ClN2O3/c1-10-14(19)16-4-5-17(10)6-7-20-12-3-2-11(9-18)13(15)8-12/h2-3,8-10H,4-7H2,1H3,(H,16,19)/t10-/m0/s1. The van der Waals surface area contributed by atoms with Gasteiger partial charge in [-0.25, -0.2) is 0 Å². The fourth-order valence-electron chi connectivity index (χ4n) is 2.11. The van der Waals surface area contributed by atoms with Crippen LogP contribution in [0.4, 0.5) is 0 Å². The van der Waals surface area contributed by atoms with E-state index in [9.17, 15) is 9.59 Å². The topological polar surface area (TPSA) is 58.6 Å². The van der Waals surface area contributed by atoms with E-state index in [2.05, 4.69) is 10.2 Å². The van der Waals surface area contributed by atoms with Crippen molar-refractivity contribution in [3.8, 4) is 5.75 Å². The Morgan fingerprint density at radius 3 is 3.05 bits per heavy atom. The minimum Gasteiger partial charge on any atom is -0.492 e. The summed E-state index contributed by atoms with van der Waals surface area (Å²) in [5.74, 6) is 0.671. The lowest BCUT2D eigenvalue weighted by Crippen LogP contribution is -2.54. The summed E-state index contributed by atoms with van der Waals surface area (Å²) in [6.07, 6.45) is 0.708. The average Bonchev–Trinajstić information content (AvgIpc) is 2.44. The number of nitrogens with zero attached hydrogens (tertiary/aromatic N) is 1. The number of carbonyl (C=O) groups excluding carboxylic acids is 2. The Balaban J connectivity index is 1.85. The Kier molecular flexibility index (Phi) is 4.98. The van der Waals surface area contributed by atoms with E-state index in [-0.39, 0.29) is 11.9 Å². The first kappa shape index (κ1) is 14.8. The highest BCUT2D eigenvalue weighted by Crippen LogP contribution is 2.21. The molecule has 6 heteroatoms. The first-order chi connectivity index (χ1) is 9.61. The third-order valence-corrected chi connectivity index (χ3v) is 3.70. The van der Waals surface area contributed by atoms with Crippen LogP contribution in [0, 0.1) is 0 Å². The Hall–Kier alpha value is -1.59. The quantitative estimate of drug-likeness (QED) is 0.833. The number of aldehydes is 1. The summed E-state index contributed by atoms with van der Waals surface area (Å²) in [5.41, 5.74) is 0.445. The molecule has 1 aliphatic heterocycles. The number of benzene rings is 1. The number of hydrogen-bond donors (Lipinski definition) is 1. The van der Waals surface area contributed by atoms with Gasteiger partial charge in [-0.05, 0) is 25.1 Å². The van der Waals surface area contributed by atoms with Crippen molar-refractivity contribution in [1.29, 1.82) is 0 Å². The number of piperazine rings is 1. The van der Waals surface area contributed by atoms with Crippen molar-refractivity contribution in [2.45, 2.75) is 13.0 Å². The third-order valence-electron chi connectivity index (χ3n) is 3.37. The smallest absolute Gasteiger partial charge is 0.237 e. The van der Waals surface area contributed by atoms with Gasteiger partial charge in [-0.1, -0.05) is 11.6 Å². The Labute approximate surface area is 122 Å². The number of rotatable bonds is 5. The number of hydrogen-bond acceptors (Lipinski definition) is 4. The van der Waals surface area contributed by atoms with Gasteiger partial charge in [0.1, 0.15) is 12.4 Å². The summed E-state index contributed by atoms with van der Waals surface area (Å²) in [4.78, 5) is 24.2. The van der Waals surface area contributed by atoms with Gasteiger partial charge >= 0.3 is 0 Å². The number of carbonyl (C=O) groups is 2. The van der Waals surface area contributed by atoms with Gasteiger partial charge in [0.2, 0.25) is 5.91 Å². The van der Waals surface area contributed by atoms with Crippen molar-refractivity contribution in [3.05, 3.63) is 28.8 Å². The normalized spacial score (nSPS) is 19.5. The summed E-state index contributed by atoms with van der Waals surface area (Å²) >= 11 is 5.92. The van der Waals surface area contributed by atoms with Crippen molar-refractivity contribution in [1.82, 2.24) is 10.2 Å². The van der Waals surface area contributed by atoms with E-state index in [0.717, 1.165) is 6.54 Å². The zero-order valence-electron chi connectivity index (χ0n) is 11.3. The highest BCUT2D eigenvalue weighted by atomic mass is 35.5. The predicted molar refractivity (Wildman–Crippen MR) is 76.4 cm³/mol. The van der Waals surface area contributed by atoms with E-state index in [1.54, 1.807) is 18.2 Å². The molecule has 0 unspecified atom stereocenters. The largest absolute Gasteiger partial charge is 0.492 e. The van der Waals surface area contributed by atoms with Crippen LogP contribution in [0.1, 0.15) is 17.3 Å². The highest BCUT2D eigenvalue weighted by Gasteiger charge is 2.24. The first-order valence-electron chi connectivity index (χ1n) is 6.51. The SMILES string of the molecule is C[C@H]1C(=O)NCCN1CCOc1ccc(C=O)c(Cl)c1. The molecule has 1 aliphatic rings. The van der Waals surface area contributed by atoms with Crippen LogP contribution >= 0.6 is 11.6 Å². The molecule has 1 amide bonds.